The maximum absolute atomic E-state index is 11.9. The van der Waals surface area contributed by atoms with Gasteiger partial charge in [0.25, 0.3) is 0 Å². The van der Waals surface area contributed by atoms with Gasteiger partial charge in [-0.1, -0.05) is 30.7 Å². The molecule has 0 aliphatic heterocycles. The summed E-state index contributed by atoms with van der Waals surface area (Å²) in [6.45, 7) is 1.79. The van der Waals surface area contributed by atoms with Gasteiger partial charge in [0.05, 0.1) is 17.9 Å². The van der Waals surface area contributed by atoms with Crippen molar-refractivity contribution in [1.82, 2.24) is 0 Å². The maximum atomic E-state index is 11.9. The highest BCUT2D eigenvalue weighted by molar-refractivity contribution is 8.00. The third-order valence-corrected chi connectivity index (χ3v) is 4.03. The number of thioether (sulfide) groups is 1. The van der Waals surface area contributed by atoms with E-state index in [0.717, 1.165) is 4.90 Å². The second-order valence-electron chi connectivity index (χ2n) is 3.67. The van der Waals surface area contributed by atoms with Crippen LogP contribution in [0.25, 0.3) is 0 Å². The van der Waals surface area contributed by atoms with E-state index < -0.39 is 11.9 Å². The topological polar surface area (TPSA) is 43.4 Å². The second kappa shape index (κ2) is 7.44. The van der Waals surface area contributed by atoms with Gasteiger partial charge in [-0.25, -0.2) is 0 Å². The first kappa shape index (κ1) is 15.1. The molecule has 1 rings (SSSR count). The third kappa shape index (κ3) is 4.03. The number of ether oxygens (including phenoxy) is 1. The van der Waals surface area contributed by atoms with Crippen molar-refractivity contribution >= 4 is 35.1 Å². The van der Waals surface area contributed by atoms with Crippen LogP contribution >= 0.6 is 23.4 Å². The van der Waals surface area contributed by atoms with Gasteiger partial charge in [-0.2, -0.15) is 0 Å². The molecule has 0 aliphatic rings. The Hall–Kier alpha value is -1.00. The number of benzene rings is 1. The monoisotopic (exact) mass is 286 g/mol. The third-order valence-electron chi connectivity index (χ3n) is 2.49. The van der Waals surface area contributed by atoms with Crippen molar-refractivity contribution in [3.05, 3.63) is 29.3 Å². The average molecular weight is 287 g/mol. The van der Waals surface area contributed by atoms with Crippen LogP contribution in [-0.2, 0) is 14.3 Å². The van der Waals surface area contributed by atoms with E-state index in [1.807, 2.05) is 18.2 Å². The summed E-state index contributed by atoms with van der Waals surface area (Å²) < 4.78 is 4.61. The Bertz CT molecular complexity index is 434. The summed E-state index contributed by atoms with van der Waals surface area (Å²) in [5, 5.41) is 0.612. The van der Waals surface area contributed by atoms with E-state index in [1.165, 1.54) is 18.9 Å². The van der Waals surface area contributed by atoms with Crippen molar-refractivity contribution in [2.24, 2.45) is 5.92 Å². The fraction of sp³-hybridized carbons (Fsp3) is 0.385. The maximum Gasteiger partial charge on any atom is 0.316 e. The van der Waals surface area contributed by atoms with Gasteiger partial charge in [0.1, 0.15) is 5.92 Å². The lowest BCUT2D eigenvalue weighted by molar-refractivity contribution is -0.148. The smallest absolute Gasteiger partial charge is 0.316 e. The summed E-state index contributed by atoms with van der Waals surface area (Å²) in [7, 11) is 1.29. The summed E-state index contributed by atoms with van der Waals surface area (Å²) >= 11 is 7.32. The number of methoxy groups -OCH3 is 1. The molecule has 0 heterocycles. The predicted molar refractivity (Wildman–Crippen MR) is 73.0 cm³/mol. The molecule has 1 aromatic carbocycles. The molecule has 1 unspecified atom stereocenters. The van der Waals surface area contributed by atoms with Crippen LogP contribution in [-0.4, -0.2) is 24.6 Å². The van der Waals surface area contributed by atoms with Crippen LogP contribution in [0.4, 0.5) is 0 Å². The zero-order valence-electron chi connectivity index (χ0n) is 10.3. The van der Waals surface area contributed by atoms with Crippen molar-refractivity contribution in [2.45, 2.75) is 18.2 Å². The van der Waals surface area contributed by atoms with E-state index in [1.54, 1.807) is 13.0 Å². The summed E-state index contributed by atoms with van der Waals surface area (Å²) in [6.07, 6.45) is 0.453. The van der Waals surface area contributed by atoms with Crippen molar-refractivity contribution in [3.63, 3.8) is 0 Å². The van der Waals surface area contributed by atoms with Gasteiger partial charge in [0, 0.05) is 4.90 Å². The number of esters is 1. The van der Waals surface area contributed by atoms with Crippen molar-refractivity contribution in [3.8, 4) is 0 Å². The van der Waals surface area contributed by atoms with Gasteiger partial charge >= 0.3 is 5.97 Å². The fourth-order valence-corrected chi connectivity index (χ4v) is 2.66. The minimum Gasteiger partial charge on any atom is -0.468 e. The van der Waals surface area contributed by atoms with Crippen LogP contribution in [0.2, 0.25) is 5.02 Å². The van der Waals surface area contributed by atoms with Gasteiger partial charge < -0.3 is 4.74 Å². The van der Waals surface area contributed by atoms with E-state index in [-0.39, 0.29) is 11.5 Å². The summed E-state index contributed by atoms with van der Waals surface area (Å²) in [6, 6.07) is 7.30. The number of ketones is 1. The molecule has 3 nitrogen and oxygen atoms in total. The Morgan fingerprint density at radius 3 is 2.61 bits per heavy atom. The Morgan fingerprint density at radius 1 is 1.39 bits per heavy atom. The lowest BCUT2D eigenvalue weighted by atomic mass is 10.0. The lowest BCUT2D eigenvalue weighted by Gasteiger charge is -2.11. The number of Topliss-reactive ketones (excluding diaryl/α,β-unsaturated/α-hetero) is 1. The lowest BCUT2D eigenvalue weighted by Crippen LogP contribution is -2.26. The highest BCUT2D eigenvalue weighted by Crippen LogP contribution is 2.27. The van der Waals surface area contributed by atoms with Crippen LogP contribution in [0.15, 0.2) is 29.2 Å². The van der Waals surface area contributed by atoms with Gasteiger partial charge in [-0.05, 0) is 18.6 Å². The van der Waals surface area contributed by atoms with E-state index in [9.17, 15) is 9.59 Å². The second-order valence-corrected chi connectivity index (χ2v) is 5.09. The molecule has 1 atom stereocenters. The van der Waals surface area contributed by atoms with Crippen molar-refractivity contribution < 1.29 is 14.3 Å². The zero-order chi connectivity index (χ0) is 13.5. The molecule has 0 amide bonds. The predicted octanol–water partition coefficient (Wildman–Crippen LogP) is 3.20. The van der Waals surface area contributed by atoms with Crippen LogP contribution in [0.5, 0.6) is 0 Å². The van der Waals surface area contributed by atoms with Crippen molar-refractivity contribution in [1.29, 1.82) is 0 Å². The number of hydrogen-bond acceptors (Lipinski definition) is 4. The molecule has 0 saturated heterocycles. The highest BCUT2D eigenvalue weighted by atomic mass is 35.5. The first-order chi connectivity index (χ1) is 8.60. The molecule has 5 heteroatoms. The van der Waals surface area contributed by atoms with E-state index in [0.29, 0.717) is 11.4 Å². The Morgan fingerprint density at radius 2 is 2.06 bits per heavy atom. The molecule has 0 aromatic heterocycles. The SMILES string of the molecule is CCC(C(=O)CSc1ccccc1Cl)C(=O)OC. The van der Waals surface area contributed by atoms with Crippen molar-refractivity contribution in [2.75, 3.05) is 12.9 Å². The molecule has 1 aromatic rings. The van der Waals surface area contributed by atoms with E-state index in [4.69, 9.17) is 11.6 Å². The minimum absolute atomic E-state index is 0.130. The number of rotatable bonds is 6. The largest absolute Gasteiger partial charge is 0.468 e. The van der Waals surface area contributed by atoms with Gasteiger partial charge in [0.2, 0.25) is 0 Å². The number of carbonyl (C=O) groups is 2. The van der Waals surface area contributed by atoms with Crippen LogP contribution in [0.1, 0.15) is 13.3 Å². The van der Waals surface area contributed by atoms with Gasteiger partial charge in [-0.15, -0.1) is 11.8 Å². The van der Waals surface area contributed by atoms with Gasteiger partial charge in [0.15, 0.2) is 5.78 Å². The molecule has 0 radical (unpaired) electrons. The van der Waals surface area contributed by atoms with Crippen LogP contribution < -0.4 is 0 Å². The first-order valence-corrected chi connectivity index (χ1v) is 6.94. The van der Waals surface area contributed by atoms with Gasteiger partial charge in [-0.3, -0.25) is 9.59 Å². The number of carbonyl (C=O) groups excluding carboxylic acids is 2. The fourth-order valence-electron chi connectivity index (χ4n) is 1.48. The van der Waals surface area contributed by atoms with Crippen LogP contribution in [0.3, 0.4) is 0 Å². The molecule has 0 spiro atoms. The average Bonchev–Trinajstić information content (AvgIpc) is 2.38. The first-order valence-electron chi connectivity index (χ1n) is 5.58. The molecule has 18 heavy (non-hydrogen) atoms. The van der Waals surface area contributed by atoms with Crippen LogP contribution in [0, 0.1) is 5.92 Å². The Kier molecular flexibility index (Phi) is 6.22. The van der Waals surface area contributed by atoms with E-state index >= 15 is 0 Å². The molecule has 0 fully saturated rings. The summed E-state index contributed by atoms with van der Waals surface area (Å²) in [4.78, 5) is 24.1. The summed E-state index contributed by atoms with van der Waals surface area (Å²) in [5.41, 5.74) is 0. The van der Waals surface area contributed by atoms with E-state index in [2.05, 4.69) is 4.74 Å². The zero-order valence-corrected chi connectivity index (χ0v) is 11.9. The standard InChI is InChI=1S/C13H15ClO3S/c1-3-9(13(16)17-2)11(15)8-18-12-7-5-4-6-10(12)14/h4-7,9H,3,8H2,1-2H3. The minimum atomic E-state index is -0.676. The quantitative estimate of drug-likeness (QED) is 0.458. The Labute approximate surface area is 116 Å². The highest BCUT2D eigenvalue weighted by Gasteiger charge is 2.25. The molecule has 0 aliphatic carbocycles. The summed E-state index contributed by atoms with van der Waals surface area (Å²) in [5.74, 6) is -1.06. The number of hydrogen-bond donors (Lipinski definition) is 0. The molecule has 0 bridgehead atoms. The molecule has 0 saturated carbocycles. The molecular formula is C13H15ClO3S. The number of halogens is 1. The molecule has 98 valence electrons. The molecular weight excluding hydrogens is 272 g/mol. The Balaban J connectivity index is 2.60. The molecule has 0 N–H and O–H groups in total. The normalized spacial score (nSPS) is 11.9.